The fourth-order valence-corrected chi connectivity index (χ4v) is 4.31. The van der Waals surface area contributed by atoms with Gasteiger partial charge in [0.1, 0.15) is 5.75 Å². The summed E-state index contributed by atoms with van der Waals surface area (Å²) >= 11 is 0. The average molecular weight is 479 g/mol. The molecule has 1 atom stereocenters. The maximum absolute atomic E-state index is 12.1. The largest absolute Gasteiger partial charge is 0.496 e. The maximum atomic E-state index is 12.1. The molecule has 0 heterocycles. The average Bonchev–Trinajstić information content (AvgIpc) is 2.88. The molecule has 0 fully saturated rings. The first-order chi connectivity index (χ1) is 16.8. The van der Waals surface area contributed by atoms with Crippen LogP contribution >= 0.6 is 0 Å². The third-order valence-electron chi connectivity index (χ3n) is 6.55. The number of likely N-dealkylation sites (N-methyl/N-ethyl adjacent to an activating group) is 1. The second-order valence-electron chi connectivity index (χ2n) is 9.31. The number of methoxy groups -OCH3 is 1. The lowest BCUT2D eigenvalue weighted by Crippen LogP contribution is -2.32. The van der Waals surface area contributed by atoms with Gasteiger partial charge in [0.05, 0.1) is 36.3 Å². The first kappa shape index (κ1) is 28.1. The summed E-state index contributed by atoms with van der Waals surface area (Å²) in [6, 6.07) is 15.6. The number of ether oxygens (including phenoxy) is 2. The molecule has 0 aliphatic carbocycles. The Labute approximate surface area is 209 Å². The number of rotatable bonds is 14. The van der Waals surface area contributed by atoms with Gasteiger partial charge in [-0.3, -0.25) is 4.79 Å². The molecule has 0 spiro atoms. The third kappa shape index (κ3) is 7.40. The minimum absolute atomic E-state index is 0.0842. The molecule has 0 aromatic heterocycles. The van der Waals surface area contributed by atoms with Crippen molar-refractivity contribution in [2.24, 2.45) is 5.92 Å². The van der Waals surface area contributed by atoms with Crippen LogP contribution < -0.4 is 4.74 Å². The molecule has 0 aliphatic rings. The summed E-state index contributed by atoms with van der Waals surface area (Å²) in [5.41, 5.74) is 2.31. The van der Waals surface area contributed by atoms with Gasteiger partial charge in [-0.15, -0.1) is 0 Å². The minimum Gasteiger partial charge on any atom is -0.496 e. The number of hydrogen-bond acceptors (Lipinski definition) is 6. The third-order valence-corrected chi connectivity index (χ3v) is 6.55. The monoisotopic (exact) mass is 478 g/mol. The molecule has 0 saturated heterocycles. The van der Waals surface area contributed by atoms with Gasteiger partial charge in [-0.25, -0.2) is 4.79 Å². The van der Waals surface area contributed by atoms with Crippen LogP contribution in [0.2, 0.25) is 0 Å². The molecule has 0 aliphatic heterocycles. The van der Waals surface area contributed by atoms with Crippen LogP contribution in [0, 0.1) is 17.2 Å². The van der Waals surface area contributed by atoms with Crippen molar-refractivity contribution in [1.82, 2.24) is 4.90 Å². The summed E-state index contributed by atoms with van der Waals surface area (Å²) in [5, 5.41) is 10.2. The van der Waals surface area contributed by atoms with E-state index in [4.69, 9.17) is 9.47 Å². The van der Waals surface area contributed by atoms with Gasteiger partial charge < -0.3 is 14.4 Å². The predicted octanol–water partition coefficient (Wildman–Crippen LogP) is 5.45. The van der Waals surface area contributed by atoms with E-state index in [-0.39, 0.29) is 11.9 Å². The fraction of sp³-hybridized carbons (Fsp3) is 0.483. The van der Waals surface area contributed by atoms with E-state index in [0.717, 1.165) is 49.8 Å². The van der Waals surface area contributed by atoms with Crippen LogP contribution in [0.15, 0.2) is 42.5 Å². The second kappa shape index (κ2) is 13.7. The minimum atomic E-state index is -0.682. The van der Waals surface area contributed by atoms with Crippen molar-refractivity contribution in [3.8, 4) is 11.8 Å². The summed E-state index contributed by atoms with van der Waals surface area (Å²) < 4.78 is 10.5. The Bertz CT molecular complexity index is 1030. The predicted molar refractivity (Wildman–Crippen MR) is 138 cm³/mol. The molecule has 1 unspecified atom stereocenters. The first-order valence-electron chi connectivity index (χ1n) is 12.3. The first-order valence-corrected chi connectivity index (χ1v) is 12.3. The van der Waals surface area contributed by atoms with Gasteiger partial charge in [-0.1, -0.05) is 39.0 Å². The number of benzene rings is 2. The van der Waals surface area contributed by atoms with E-state index in [1.54, 1.807) is 18.2 Å². The van der Waals surface area contributed by atoms with Gasteiger partial charge in [0, 0.05) is 6.54 Å². The van der Waals surface area contributed by atoms with E-state index < -0.39 is 5.41 Å². The Balaban J connectivity index is 1.99. The summed E-state index contributed by atoms with van der Waals surface area (Å²) in [4.78, 5) is 25.9. The number of carbonyl (C=O) groups is 2. The Morgan fingerprint density at radius 3 is 2.60 bits per heavy atom. The topological polar surface area (TPSA) is 79.6 Å². The number of hydrogen-bond donors (Lipinski definition) is 0. The van der Waals surface area contributed by atoms with Gasteiger partial charge in [-0.05, 0) is 80.6 Å². The highest BCUT2D eigenvalue weighted by atomic mass is 16.5. The van der Waals surface area contributed by atoms with Crippen molar-refractivity contribution < 1.29 is 19.1 Å². The van der Waals surface area contributed by atoms with Gasteiger partial charge in [0.25, 0.3) is 0 Å². The number of aldehydes is 1. The SMILES string of the molecule is CCCOC(=O)c1cccc(CCN(C)CCCC(C#N)(c2ccc(OC)c(C=O)c2)C(C)C)c1. The normalized spacial score (nSPS) is 12.7. The Morgan fingerprint density at radius 2 is 1.97 bits per heavy atom. The highest BCUT2D eigenvalue weighted by Crippen LogP contribution is 2.38. The van der Waals surface area contributed by atoms with E-state index in [1.807, 2.05) is 31.2 Å². The van der Waals surface area contributed by atoms with Crippen LogP contribution in [-0.4, -0.2) is 51.0 Å². The number of nitrogens with zero attached hydrogens (tertiary/aromatic N) is 2. The molecule has 0 bridgehead atoms. The van der Waals surface area contributed by atoms with Crippen molar-refractivity contribution in [3.05, 3.63) is 64.7 Å². The quantitative estimate of drug-likeness (QED) is 0.265. The van der Waals surface area contributed by atoms with Crippen LogP contribution in [-0.2, 0) is 16.6 Å². The molecule has 2 aromatic carbocycles. The van der Waals surface area contributed by atoms with Crippen molar-refractivity contribution >= 4 is 12.3 Å². The van der Waals surface area contributed by atoms with Crippen molar-refractivity contribution in [3.63, 3.8) is 0 Å². The highest BCUT2D eigenvalue weighted by molar-refractivity contribution is 5.89. The molecule has 0 saturated carbocycles. The molecule has 6 nitrogen and oxygen atoms in total. The van der Waals surface area contributed by atoms with E-state index in [2.05, 4.69) is 31.9 Å². The fourth-order valence-electron chi connectivity index (χ4n) is 4.31. The molecular formula is C29H38N2O4. The van der Waals surface area contributed by atoms with Crippen LogP contribution in [0.1, 0.15) is 71.9 Å². The standard InChI is InChI=1S/C29H38N2O4/c1-6-17-35-28(33)24-10-7-9-23(18-24)13-16-31(4)15-8-14-29(21-30,22(2)3)26-11-12-27(34-5)25(19-26)20-32/h7,9-12,18-20,22H,6,8,13-17H2,1-5H3. The zero-order chi connectivity index (χ0) is 25.8. The van der Waals surface area contributed by atoms with E-state index in [0.29, 0.717) is 29.9 Å². The highest BCUT2D eigenvalue weighted by Gasteiger charge is 2.36. The second-order valence-corrected chi connectivity index (χ2v) is 9.31. The molecule has 188 valence electrons. The number of esters is 1. The summed E-state index contributed by atoms with van der Waals surface area (Å²) in [6.07, 6.45) is 3.93. The lowest BCUT2D eigenvalue weighted by molar-refractivity contribution is 0.0505. The van der Waals surface area contributed by atoms with Crippen LogP contribution in [0.25, 0.3) is 0 Å². The van der Waals surface area contributed by atoms with Crippen LogP contribution in [0.4, 0.5) is 0 Å². The van der Waals surface area contributed by atoms with E-state index in [1.165, 1.54) is 7.11 Å². The molecule has 2 aromatic rings. The number of carbonyl (C=O) groups excluding carboxylic acids is 2. The Kier molecular flexibility index (Phi) is 10.9. The van der Waals surface area contributed by atoms with Gasteiger partial charge in [0.2, 0.25) is 0 Å². The molecule has 2 rings (SSSR count). The van der Waals surface area contributed by atoms with Crippen molar-refractivity contribution in [2.45, 2.75) is 51.9 Å². The molecular weight excluding hydrogens is 440 g/mol. The Hall–Kier alpha value is -3.17. The van der Waals surface area contributed by atoms with Gasteiger partial charge >= 0.3 is 5.97 Å². The molecule has 6 heteroatoms. The summed E-state index contributed by atoms with van der Waals surface area (Å²) in [7, 11) is 3.60. The summed E-state index contributed by atoms with van der Waals surface area (Å²) in [6.45, 7) is 8.18. The van der Waals surface area contributed by atoms with Crippen molar-refractivity contribution in [1.29, 1.82) is 5.26 Å². The van der Waals surface area contributed by atoms with Crippen LogP contribution in [0.3, 0.4) is 0 Å². The molecule has 0 amide bonds. The van der Waals surface area contributed by atoms with Gasteiger partial charge in [0.15, 0.2) is 6.29 Å². The zero-order valence-electron chi connectivity index (χ0n) is 21.7. The number of nitriles is 1. The van der Waals surface area contributed by atoms with Crippen LogP contribution in [0.5, 0.6) is 5.75 Å². The molecule has 35 heavy (non-hydrogen) atoms. The smallest absolute Gasteiger partial charge is 0.338 e. The molecule has 0 radical (unpaired) electrons. The summed E-state index contributed by atoms with van der Waals surface area (Å²) in [5.74, 6) is 0.322. The van der Waals surface area contributed by atoms with E-state index in [9.17, 15) is 14.9 Å². The lowest BCUT2D eigenvalue weighted by Gasteiger charge is -2.32. The molecule has 0 N–H and O–H groups in total. The van der Waals surface area contributed by atoms with E-state index >= 15 is 0 Å². The Morgan fingerprint density at radius 1 is 1.20 bits per heavy atom. The lowest BCUT2D eigenvalue weighted by atomic mass is 9.69. The van der Waals surface area contributed by atoms with Gasteiger partial charge in [-0.2, -0.15) is 5.26 Å². The maximum Gasteiger partial charge on any atom is 0.338 e. The van der Waals surface area contributed by atoms with Crippen molar-refractivity contribution in [2.75, 3.05) is 33.9 Å². The zero-order valence-corrected chi connectivity index (χ0v) is 21.7.